The Bertz CT molecular complexity index is 904. The third-order valence-electron chi connectivity index (χ3n) is 4.67. The van der Waals surface area contributed by atoms with Gasteiger partial charge in [-0.05, 0) is 35.9 Å². The van der Waals surface area contributed by atoms with Gasteiger partial charge in [-0.25, -0.2) is 0 Å². The van der Waals surface area contributed by atoms with E-state index in [2.05, 4.69) is 5.32 Å². The van der Waals surface area contributed by atoms with E-state index in [4.69, 9.17) is 11.6 Å². The Balaban J connectivity index is 1.74. The Morgan fingerprint density at radius 3 is 2.31 bits per heavy atom. The number of hydrogen-bond acceptors (Lipinski definition) is 3. The normalized spacial score (nSPS) is 13.8. The van der Waals surface area contributed by atoms with Crippen LogP contribution in [0.25, 0.3) is 0 Å². The summed E-state index contributed by atoms with van der Waals surface area (Å²) in [5.41, 5.74) is 1.71. The lowest BCUT2D eigenvalue weighted by atomic mass is 9.84. The summed E-state index contributed by atoms with van der Waals surface area (Å²) in [4.78, 5) is 37.6. The van der Waals surface area contributed by atoms with E-state index in [-0.39, 0.29) is 28.7 Å². The van der Waals surface area contributed by atoms with Gasteiger partial charge in [0.25, 0.3) is 17.7 Å². The Hall–Kier alpha value is -2.66. The number of nitrogens with one attached hydrogen (secondary N) is 1. The fraction of sp³-hybridized carbons (Fsp3) is 0.250. The second-order valence-electron chi connectivity index (χ2n) is 7.00. The third-order valence-corrected chi connectivity index (χ3v) is 4.92. The minimum Gasteiger partial charge on any atom is -0.351 e. The van der Waals surface area contributed by atoms with Crippen molar-refractivity contribution in [2.45, 2.75) is 19.3 Å². The van der Waals surface area contributed by atoms with Crippen molar-refractivity contribution in [1.82, 2.24) is 10.2 Å². The van der Waals surface area contributed by atoms with Crippen LogP contribution in [0.15, 0.2) is 42.5 Å². The molecule has 1 heterocycles. The first-order valence-electron chi connectivity index (χ1n) is 8.21. The Morgan fingerprint density at radius 1 is 1.04 bits per heavy atom. The number of benzene rings is 2. The predicted octanol–water partition coefficient (Wildman–Crippen LogP) is 3.27. The number of fused-ring (bicyclic) bond motifs is 1. The molecule has 0 fully saturated rings. The van der Waals surface area contributed by atoms with Crippen LogP contribution < -0.4 is 5.32 Å². The molecule has 134 valence electrons. The number of carbonyl (C=O) groups excluding carboxylic acids is 3. The summed E-state index contributed by atoms with van der Waals surface area (Å²) in [7, 11) is 1.43. The van der Waals surface area contributed by atoms with E-state index in [1.165, 1.54) is 19.2 Å². The molecule has 0 radical (unpaired) electrons. The van der Waals surface area contributed by atoms with Gasteiger partial charge >= 0.3 is 0 Å². The summed E-state index contributed by atoms with van der Waals surface area (Å²) in [6.45, 7) is 4.46. The quantitative estimate of drug-likeness (QED) is 0.840. The van der Waals surface area contributed by atoms with Crippen molar-refractivity contribution in [1.29, 1.82) is 0 Å². The highest BCUT2D eigenvalue weighted by Gasteiger charge is 2.33. The van der Waals surface area contributed by atoms with Crippen molar-refractivity contribution in [3.63, 3.8) is 0 Å². The molecule has 5 nitrogen and oxygen atoms in total. The highest BCUT2D eigenvalue weighted by Crippen LogP contribution is 2.25. The second-order valence-corrected chi connectivity index (χ2v) is 7.44. The molecule has 2 aromatic carbocycles. The average Bonchev–Trinajstić information content (AvgIpc) is 2.84. The van der Waals surface area contributed by atoms with Crippen molar-refractivity contribution in [3.05, 3.63) is 69.7 Å². The number of imide groups is 1. The van der Waals surface area contributed by atoms with Gasteiger partial charge in [-0.2, -0.15) is 0 Å². The molecule has 0 bridgehead atoms. The predicted molar refractivity (Wildman–Crippen MR) is 99.7 cm³/mol. The molecule has 3 amide bonds. The van der Waals surface area contributed by atoms with E-state index in [1.54, 1.807) is 6.07 Å². The van der Waals surface area contributed by atoms with E-state index in [0.29, 0.717) is 22.7 Å². The van der Waals surface area contributed by atoms with Gasteiger partial charge in [0.15, 0.2) is 0 Å². The van der Waals surface area contributed by atoms with Gasteiger partial charge in [0.1, 0.15) is 0 Å². The van der Waals surface area contributed by atoms with Gasteiger partial charge in [0.05, 0.1) is 11.1 Å². The average molecular weight is 371 g/mol. The maximum Gasteiger partial charge on any atom is 0.261 e. The Morgan fingerprint density at radius 2 is 1.65 bits per heavy atom. The molecule has 1 aliphatic rings. The van der Waals surface area contributed by atoms with Gasteiger partial charge in [-0.15, -0.1) is 0 Å². The van der Waals surface area contributed by atoms with Crippen LogP contribution in [0.1, 0.15) is 50.5 Å². The Kier molecular flexibility index (Phi) is 4.59. The van der Waals surface area contributed by atoms with Crippen LogP contribution in [0.3, 0.4) is 0 Å². The Labute approximate surface area is 156 Å². The zero-order chi connectivity index (χ0) is 19.1. The first-order valence-corrected chi connectivity index (χ1v) is 8.59. The van der Waals surface area contributed by atoms with E-state index in [9.17, 15) is 14.4 Å². The SMILES string of the molecule is CN1C(=O)c2ccc(C(=O)NCC(C)(C)c3ccc(Cl)cc3)cc2C1=O. The second kappa shape index (κ2) is 6.57. The van der Waals surface area contributed by atoms with Crippen LogP contribution in [-0.2, 0) is 5.41 Å². The number of amides is 3. The largest absolute Gasteiger partial charge is 0.351 e. The smallest absolute Gasteiger partial charge is 0.261 e. The highest BCUT2D eigenvalue weighted by molar-refractivity contribution is 6.30. The summed E-state index contributed by atoms with van der Waals surface area (Å²) >= 11 is 5.92. The number of halogens is 1. The van der Waals surface area contributed by atoms with Crippen LogP contribution in [0.4, 0.5) is 0 Å². The van der Waals surface area contributed by atoms with Crippen LogP contribution >= 0.6 is 11.6 Å². The molecule has 3 rings (SSSR count). The minimum absolute atomic E-state index is 0.266. The van der Waals surface area contributed by atoms with Crippen LogP contribution in [-0.4, -0.2) is 36.2 Å². The maximum atomic E-state index is 12.5. The number of carbonyl (C=O) groups is 3. The van der Waals surface area contributed by atoms with E-state index in [0.717, 1.165) is 10.5 Å². The van der Waals surface area contributed by atoms with Crippen LogP contribution in [0.2, 0.25) is 5.02 Å². The van der Waals surface area contributed by atoms with Crippen molar-refractivity contribution in [2.75, 3.05) is 13.6 Å². The van der Waals surface area contributed by atoms with Gasteiger partial charge in [-0.1, -0.05) is 37.6 Å². The van der Waals surface area contributed by atoms with E-state index >= 15 is 0 Å². The molecule has 6 heteroatoms. The van der Waals surface area contributed by atoms with Crippen LogP contribution in [0.5, 0.6) is 0 Å². The molecule has 1 aliphatic heterocycles. The summed E-state index contributed by atoms with van der Waals surface area (Å²) in [5.74, 6) is -1.02. The topological polar surface area (TPSA) is 66.5 Å². The fourth-order valence-electron chi connectivity index (χ4n) is 2.91. The van der Waals surface area contributed by atoms with Crippen molar-refractivity contribution < 1.29 is 14.4 Å². The molecule has 0 unspecified atom stereocenters. The molecule has 1 N–H and O–H groups in total. The monoisotopic (exact) mass is 370 g/mol. The standard InChI is InChI=1S/C20H19ClN2O3/c1-20(2,13-5-7-14(21)8-6-13)11-22-17(24)12-4-9-15-16(10-12)19(26)23(3)18(15)25/h4-10H,11H2,1-3H3,(H,22,24). The zero-order valence-corrected chi connectivity index (χ0v) is 15.6. The number of rotatable bonds is 4. The van der Waals surface area contributed by atoms with Gasteiger partial charge in [0, 0.05) is 29.6 Å². The lowest BCUT2D eigenvalue weighted by Crippen LogP contribution is -2.36. The number of nitrogens with zero attached hydrogens (tertiary/aromatic N) is 1. The molecule has 0 saturated heterocycles. The fourth-order valence-corrected chi connectivity index (χ4v) is 3.03. The highest BCUT2D eigenvalue weighted by atomic mass is 35.5. The maximum absolute atomic E-state index is 12.5. The summed E-state index contributed by atoms with van der Waals surface area (Å²) in [6.07, 6.45) is 0. The van der Waals surface area contributed by atoms with E-state index in [1.807, 2.05) is 38.1 Å². The molecule has 0 spiro atoms. The first-order chi connectivity index (χ1) is 12.2. The first kappa shape index (κ1) is 18.1. The van der Waals surface area contributed by atoms with Gasteiger partial charge in [0.2, 0.25) is 0 Å². The van der Waals surface area contributed by atoms with Crippen LogP contribution in [0, 0.1) is 0 Å². The van der Waals surface area contributed by atoms with Crippen molar-refractivity contribution in [2.24, 2.45) is 0 Å². The molecule has 26 heavy (non-hydrogen) atoms. The summed E-state index contributed by atoms with van der Waals surface area (Å²) in [5, 5.41) is 3.56. The summed E-state index contributed by atoms with van der Waals surface area (Å²) in [6, 6.07) is 12.1. The lowest BCUT2D eigenvalue weighted by Gasteiger charge is -2.25. The van der Waals surface area contributed by atoms with Crippen molar-refractivity contribution >= 4 is 29.3 Å². The minimum atomic E-state index is -0.388. The molecular formula is C20H19ClN2O3. The van der Waals surface area contributed by atoms with Gasteiger partial charge < -0.3 is 5.32 Å². The molecule has 0 atom stereocenters. The molecule has 0 saturated carbocycles. The molecule has 0 aromatic heterocycles. The molecule has 2 aromatic rings. The lowest BCUT2D eigenvalue weighted by molar-refractivity contribution is 0.0693. The third kappa shape index (κ3) is 3.22. The van der Waals surface area contributed by atoms with Gasteiger partial charge in [-0.3, -0.25) is 19.3 Å². The molecule has 0 aliphatic carbocycles. The van der Waals surface area contributed by atoms with Crippen molar-refractivity contribution in [3.8, 4) is 0 Å². The number of hydrogen-bond donors (Lipinski definition) is 1. The van der Waals surface area contributed by atoms with E-state index < -0.39 is 0 Å². The zero-order valence-electron chi connectivity index (χ0n) is 14.8. The molecular weight excluding hydrogens is 352 g/mol. The summed E-state index contributed by atoms with van der Waals surface area (Å²) < 4.78 is 0.